The standard InChI is InChI=1S/C25H30N2O4/c26-22-11-10-19(25(29)31-21-8-2-1-3-9-21)16-23(22)30-15-13-24(28)27-14-12-18-6-4-5-7-20(18)17-27/h4-7,10-11,16,21H,1-3,8-9,12-15,17,26H2. The van der Waals surface area contributed by atoms with Gasteiger partial charge < -0.3 is 20.1 Å². The smallest absolute Gasteiger partial charge is 0.338 e. The third-order valence-electron chi connectivity index (χ3n) is 6.13. The van der Waals surface area contributed by atoms with E-state index < -0.39 is 0 Å². The monoisotopic (exact) mass is 422 g/mol. The number of nitrogen functional groups attached to an aromatic ring is 1. The van der Waals surface area contributed by atoms with Gasteiger partial charge in [0.05, 0.1) is 24.3 Å². The first-order valence-electron chi connectivity index (χ1n) is 11.2. The molecule has 1 heterocycles. The van der Waals surface area contributed by atoms with E-state index in [-0.39, 0.29) is 31.0 Å². The highest BCUT2D eigenvalue weighted by Crippen LogP contribution is 2.26. The Morgan fingerprint density at radius 2 is 1.81 bits per heavy atom. The number of benzene rings is 2. The Kier molecular flexibility index (Phi) is 6.75. The van der Waals surface area contributed by atoms with E-state index in [1.807, 2.05) is 17.0 Å². The van der Waals surface area contributed by atoms with Crippen molar-refractivity contribution in [2.75, 3.05) is 18.9 Å². The van der Waals surface area contributed by atoms with Crippen molar-refractivity contribution in [3.8, 4) is 5.75 Å². The summed E-state index contributed by atoms with van der Waals surface area (Å²) in [6.07, 6.45) is 6.39. The van der Waals surface area contributed by atoms with E-state index in [1.165, 1.54) is 17.5 Å². The van der Waals surface area contributed by atoms with Crippen LogP contribution in [0.15, 0.2) is 42.5 Å². The minimum Gasteiger partial charge on any atom is -0.491 e. The number of hydrogen-bond acceptors (Lipinski definition) is 5. The lowest BCUT2D eigenvalue weighted by Crippen LogP contribution is -2.36. The average molecular weight is 423 g/mol. The first kappa shape index (κ1) is 21.2. The molecule has 2 aromatic rings. The Bertz CT molecular complexity index is 937. The van der Waals surface area contributed by atoms with Crippen LogP contribution in [-0.2, 0) is 22.5 Å². The van der Waals surface area contributed by atoms with Crippen LogP contribution in [0.3, 0.4) is 0 Å². The molecule has 2 aliphatic rings. The summed E-state index contributed by atoms with van der Waals surface area (Å²) >= 11 is 0. The third kappa shape index (κ3) is 5.37. The molecule has 1 fully saturated rings. The van der Waals surface area contributed by atoms with Crippen LogP contribution in [-0.4, -0.2) is 36.0 Å². The zero-order valence-electron chi connectivity index (χ0n) is 17.8. The second-order valence-corrected chi connectivity index (χ2v) is 8.35. The van der Waals surface area contributed by atoms with Crippen molar-refractivity contribution in [1.82, 2.24) is 4.90 Å². The molecule has 0 saturated heterocycles. The summed E-state index contributed by atoms with van der Waals surface area (Å²) in [6.45, 7) is 1.57. The molecule has 1 saturated carbocycles. The van der Waals surface area contributed by atoms with E-state index in [4.69, 9.17) is 15.2 Å². The van der Waals surface area contributed by atoms with Crippen LogP contribution < -0.4 is 10.5 Å². The van der Waals surface area contributed by atoms with Crippen molar-refractivity contribution in [3.63, 3.8) is 0 Å². The van der Waals surface area contributed by atoms with Crippen LogP contribution in [0.2, 0.25) is 0 Å². The molecule has 1 aliphatic heterocycles. The van der Waals surface area contributed by atoms with Gasteiger partial charge in [0.1, 0.15) is 11.9 Å². The number of amides is 1. The Hall–Kier alpha value is -3.02. The SMILES string of the molecule is Nc1ccc(C(=O)OC2CCCCC2)cc1OCCC(=O)N1CCc2ccccc2C1. The van der Waals surface area contributed by atoms with Crippen molar-refractivity contribution in [1.29, 1.82) is 0 Å². The van der Waals surface area contributed by atoms with Crippen molar-refractivity contribution in [2.45, 2.75) is 57.6 Å². The summed E-state index contributed by atoms with van der Waals surface area (Å²) in [5.41, 5.74) is 9.39. The Balaban J connectivity index is 1.29. The maximum absolute atomic E-state index is 12.6. The van der Waals surface area contributed by atoms with E-state index in [9.17, 15) is 9.59 Å². The highest BCUT2D eigenvalue weighted by atomic mass is 16.5. The molecule has 1 aliphatic carbocycles. The van der Waals surface area contributed by atoms with Crippen LogP contribution in [0, 0.1) is 0 Å². The van der Waals surface area contributed by atoms with Gasteiger partial charge in [-0.05, 0) is 61.4 Å². The number of anilines is 1. The topological polar surface area (TPSA) is 81.9 Å². The molecule has 2 aromatic carbocycles. The maximum Gasteiger partial charge on any atom is 0.338 e. The molecule has 1 amide bonds. The van der Waals surface area contributed by atoms with Gasteiger partial charge in [-0.15, -0.1) is 0 Å². The fourth-order valence-electron chi connectivity index (χ4n) is 4.30. The number of esters is 1. The van der Waals surface area contributed by atoms with Gasteiger partial charge in [-0.25, -0.2) is 4.79 Å². The zero-order valence-corrected chi connectivity index (χ0v) is 17.8. The van der Waals surface area contributed by atoms with Crippen molar-refractivity contribution in [3.05, 3.63) is 59.2 Å². The van der Waals surface area contributed by atoms with Crippen molar-refractivity contribution in [2.24, 2.45) is 0 Å². The van der Waals surface area contributed by atoms with Gasteiger partial charge in [-0.3, -0.25) is 4.79 Å². The Morgan fingerprint density at radius 3 is 2.61 bits per heavy atom. The molecular formula is C25H30N2O4. The number of nitrogens with two attached hydrogens (primary N) is 1. The van der Waals surface area contributed by atoms with Crippen molar-refractivity contribution >= 4 is 17.6 Å². The molecule has 6 heteroatoms. The summed E-state index contributed by atoms with van der Waals surface area (Å²) < 4.78 is 11.4. The second-order valence-electron chi connectivity index (χ2n) is 8.35. The molecule has 6 nitrogen and oxygen atoms in total. The van der Waals surface area contributed by atoms with Crippen LogP contribution in [0.5, 0.6) is 5.75 Å². The zero-order chi connectivity index (χ0) is 21.6. The van der Waals surface area contributed by atoms with Gasteiger partial charge in [0, 0.05) is 13.1 Å². The number of nitrogens with zero attached hydrogens (tertiary/aromatic N) is 1. The summed E-state index contributed by atoms with van der Waals surface area (Å²) in [6, 6.07) is 13.2. The average Bonchev–Trinajstić information content (AvgIpc) is 2.80. The lowest BCUT2D eigenvalue weighted by atomic mass is 9.98. The van der Waals surface area contributed by atoms with Gasteiger partial charge in [-0.2, -0.15) is 0 Å². The summed E-state index contributed by atoms with van der Waals surface area (Å²) in [5.74, 6) is 0.121. The van der Waals surface area contributed by atoms with Gasteiger partial charge in [0.15, 0.2) is 0 Å². The summed E-state index contributed by atoms with van der Waals surface area (Å²) in [5, 5.41) is 0. The highest BCUT2D eigenvalue weighted by molar-refractivity contribution is 5.90. The van der Waals surface area contributed by atoms with E-state index in [0.29, 0.717) is 23.5 Å². The highest BCUT2D eigenvalue weighted by Gasteiger charge is 2.21. The molecule has 31 heavy (non-hydrogen) atoms. The number of rotatable bonds is 6. The Morgan fingerprint density at radius 1 is 1.03 bits per heavy atom. The molecule has 0 atom stereocenters. The van der Waals surface area contributed by atoms with Crippen LogP contribution in [0.25, 0.3) is 0 Å². The molecule has 0 aromatic heterocycles. The van der Waals surface area contributed by atoms with Gasteiger partial charge in [0.25, 0.3) is 0 Å². The number of carbonyl (C=O) groups excluding carboxylic acids is 2. The van der Waals surface area contributed by atoms with E-state index >= 15 is 0 Å². The Labute approximate surface area is 183 Å². The number of carbonyl (C=O) groups is 2. The quantitative estimate of drug-likeness (QED) is 0.560. The van der Waals surface area contributed by atoms with E-state index in [1.54, 1.807) is 18.2 Å². The van der Waals surface area contributed by atoms with Gasteiger partial charge in [-0.1, -0.05) is 30.7 Å². The first-order chi connectivity index (χ1) is 15.1. The predicted molar refractivity (Wildman–Crippen MR) is 119 cm³/mol. The first-order valence-corrected chi connectivity index (χ1v) is 11.2. The van der Waals surface area contributed by atoms with Gasteiger partial charge in [0.2, 0.25) is 5.91 Å². The van der Waals surface area contributed by atoms with Gasteiger partial charge >= 0.3 is 5.97 Å². The predicted octanol–water partition coefficient (Wildman–Crippen LogP) is 4.11. The molecule has 0 radical (unpaired) electrons. The van der Waals surface area contributed by atoms with Crippen LogP contribution >= 0.6 is 0 Å². The number of fused-ring (bicyclic) bond motifs is 1. The molecule has 0 spiro atoms. The minimum atomic E-state index is -0.347. The fourth-order valence-corrected chi connectivity index (χ4v) is 4.30. The normalized spacial score (nSPS) is 16.5. The van der Waals surface area contributed by atoms with E-state index in [0.717, 1.165) is 38.6 Å². The third-order valence-corrected chi connectivity index (χ3v) is 6.13. The van der Waals surface area contributed by atoms with Crippen molar-refractivity contribution < 1.29 is 19.1 Å². The second kappa shape index (κ2) is 9.86. The molecule has 164 valence electrons. The molecule has 0 unspecified atom stereocenters. The fraction of sp³-hybridized carbons (Fsp3) is 0.440. The number of hydrogen-bond donors (Lipinski definition) is 1. The van der Waals surface area contributed by atoms with E-state index in [2.05, 4.69) is 12.1 Å². The van der Waals surface area contributed by atoms with Crippen LogP contribution in [0.4, 0.5) is 5.69 Å². The summed E-state index contributed by atoms with van der Waals surface area (Å²) in [4.78, 5) is 27.0. The molecule has 4 rings (SSSR count). The minimum absolute atomic E-state index is 0.00420. The number of ether oxygens (including phenoxy) is 2. The molecular weight excluding hydrogens is 392 g/mol. The molecule has 2 N–H and O–H groups in total. The lowest BCUT2D eigenvalue weighted by Gasteiger charge is -2.29. The van der Waals surface area contributed by atoms with Crippen LogP contribution in [0.1, 0.15) is 60.0 Å². The molecule has 0 bridgehead atoms. The largest absolute Gasteiger partial charge is 0.491 e. The summed E-state index contributed by atoms with van der Waals surface area (Å²) in [7, 11) is 0. The maximum atomic E-state index is 12.6. The lowest BCUT2D eigenvalue weighted by molar-refractivity contribution is -0.132.